The van der Waals surface area contributed by atoms with Crippen LogP contribution in [-0.2, 0) is 15.6 Å². The number of aryl methyl sites for hydroxylation is 1. The van der Waals surface area contributed by atoms with Crippen molar-refractivity contribution >= 4 is 8.32 Å². The van der Waals surface area contributed by atoms with E-state index in [-0.39, 0.29) is 0 Å². The fraction of sp³-hybridized carbons (Fsp3) is 0.571. The molecule has 100 valence electrons. The van der Waals surface area contributed by atoms with Crippen LogP contribution in [0.1, 0.15) is 5.56 Å². The molecule has 0 N–H and O–H groups in total. The second-order valence-electron chi connectivity index (χ2n) is 5.37. The Hall–Kier alpha value is -0.843. The fourth-order valence-corrected chi connectivity index (χ4v) is 2.75. The molecule has 1 aromatic rings. The van der Waals surface area contributed by atoms with Gasteiger partial charge in [-0.3, -0.25) is 0 Å². The molecule has 1 aromatic carbocycles. The Morgan fingerprint density at radius 1 is 1.28 bits per heavy atom. The van der Waals surface area contributed by atoms with Gasteiger partial charge in [0.2, 0.25) is 0 Å². The summed E-state index contributed by atoms with van der Waals surface area (Å²) >= 11 is 0. The third-order valence-electron chi connectivity index (χ3n) is 3.33. The van der Waals surface area contributed by atoms with Crippen LogP contribution in [0, 0.1) is 0 Å². The van der Waals surface area contributed by atoms with Crippen LogP contribution in [-0.4, -0.2) is 34.7 Å². The van der Waals surface area contributed by atoms with Gasteiger partial charge in [0.1, 0.15) is 18.5 Å². The number of ether oxygens (including phenoxy) is 2. The smallest absolute Gasteiger partial charge is 0.186 e. The highest BCUT2D eigenvalue weighted by Crippen LogP contribution is 2.19. The van der Waals surface area contributed by atoms with E-state index >= 15 is 0 Å². The van der Waals surface area contributed by atoms with Crippen LogP contribution in [0.4, 0.5) is 0 Å². The summed E-state index contributed by atoms with van der Waals surface area (Å²) in [5.41, 5.74) is 1.35. The molecule has 1 unspecified atom stereocenters. The van der Waals surface area contributed by atoms with Crippen LogP contribution in [0.2, 0.25) is 19.1 Å². The van der Waals surface area contributed by atoms with E-state index in [0.29, 0.717) is 12.7 Å². The Morgan fingerprint density at radius 2 is 1.94 bits per heavy atom. The van der Waals surface area contributed by atoms with E-state index in [1.54, 1.807) is 0 Å². The van der Waals surface area contributed by atoms with Gasteiger partial charge in [0.25, 0.3) is 0 Å². The summed E-state index contributed by atoms with van der Waals surface area (Å²) in [6.45, 7) is 6.01. The predicted molar refractivity (Wildman–Crippen MR) is 74.7 cm³/mol. The SMILES string of the molecule is CO[Si](C)(C)CCc1ccc(OCC2CO2)cc1. The lowest BCUT2D eigenvalue weighted by Gasteiger charge is -2.19. The van der Waals surface area contributed by atoms with Crippen molar-refractivity contribution in [2.45, 2.75) is 31.7 Å². The monoisotopic (exact) mass is 266 g/mol. The van der Waals surface area contributed by atoms with E-state index in [4.69, 9.17) is 13.9 Å². The van der Waals surface area contributed by atoms with Gasteiger partial charge in [0.05, 0.1) is 6.61 Å². The largest absolute Gasteiger partial charge is 0.491 e. The van der Waals surface area contributed by atoms with Crippen molar-refractivity contribution in [2.75, 3.05) is 20.3 Å². The van der Waals surface area contributed by atoms with Crippen molar-refractivity contribution < 1.29 is 13.9 Å². The van der Waals surface area contributed by atoms with Gasteiger partial charge in [-0.05, 0) is 43.3 Å². The Kier molecular flexibility index (Phi) is 4.43. The van der Waals surface area contributed by atoms with Crippen LogP contribution in [0.15, 0.2) is 24.3 Å². The fourth-order valence-electron chi connectivity index (χ4n) is 1.65. The maximum Gasteiger partial charge on any atom is 0.186 e. The molecule has 4 heteroatoms. The van der Waals surface area contributed by atoms with Crippen LogP contribution < -0.4 is 4.74 Å². The minimum absolute atomic E-state index is 0.318. The summed E-state index contributed by atoms with van der Waals surface area (Å²) in [6.07, 6.45) is 1.40. The molecule has 1 saturated heterocycles. The minimum Gasteiger partial charge on any atom is -0.491 e. The lowest BCUT2D eigenvalue weighted by Crippen LogP contribution is -2.28. The van der Waals surface area contributed by atoms with Gasteiger partial charge in [0.15, 0.2) is 8.32 Å². The Balaban J connectivity index is 1.79. The number of hydrogen-bond donors (Lipinski definition) is 0. The first-order valence-electron chi connectivity index (χ1n) is 6.47. The summed E-state index contributed by atoms with van der Waals surface area (Å²) in [4.78, 5) is 0. The molecule has 0 radical (unpaired) electrons. The third kappa shape index (κ3) is 4.44. The van der Waals surface area contributed by atoms with Gasteiger partial charge in [-0.1, -0.05) is 12.1 Å². The van der Waals surface area contributed by atoms with Gasteiger partial charge >= 0.3 is 0 Å². The summed E-state index contributed by atoms with van der Waals surface area (Å²) in [5.74, 6) is 0.928. The second-order valence-corrected chi connectivity index (χ2v) is 9.80. The molecule has 0 spiro atoms. The van der Waals surface area contributed by atoms with Crippen molar-refractivity contribution in [3.8, 4) is 5.75 Å². The minimum atomic E-state index is -1.44. The Labute approximate surface area is 110 Å². The highest BCUT2D eigenvalue weighted by Gasteiger charge is 2.23. The van der Waals surface area contributed by atoms with Crippen LogP contribution in [0.3, 0.4) is 0 Å². The molecule has 0 bridgehead atoms. The van der Waals surface area contributed by atoms with Gasteiger partial charge in [-0.25, -0.2) is 0 Å². The standard InChI is InChI=1S/C14H22O3Si/c1-15-18(2,3)9-8-12-4-6-13(7-5-12)16-10-14-11-17-14/h4-7,14H,8-11H2,1-3H3. The normalized spacial score (nSPS) is 18.7. The maximum absolute atomic E-state index is 5.61. The predicted octanol–water partition coefficient (Wildman–Crippen LogP) is 2.86. The van der Waals surface area contributed by atoms with E-state index in [1.807, 2.05) is 19.2 Å². The topological polar surface area (TPSA) is 31.0 Å². The molecule has 3 nitrogen and oxygen atoms in total. The van der Waals surface area contributed by atoms with E-state index in [2.05, 4.69) is 25.2 Å². The molecular weight excluding hydrogens is 244 g/mol. The maximum atomic E-state index is 5.61. The molecule has 1 fully saturated rings. The summed E-state index contributed by atoms with van der Waals surface area (Å²) < 4.78 is 16.3. The average molecular weight is 266 g/mol. The van der Waals surface area contributed by atoms with Crippen molar-refractivity contribution in [1.29, 1.82) is 0 Å². The lowest BCUT2D eigenvalue weighted by molar-refractivity contribution is 0.263. The van der Waals surface area contributed by atoms with Crippen molar-refractivity contribution in [1.82, 2.24) is 0 Å². The zero-order chi connectivity index (χ0) is 13.0. The molecule has 2 rings (SSSR count). The van der Waals surface area contributed by atoms with Gasteiger partial charge < -0.3 is 13.9 Å². The number of epoxide rings is 1. The molecule has 0 saturated carbocycles. The third-order valence-corrected chi connectivity index (χ3v) is 5.89. The van der Waals surface area contributed by atoms with E-state index in [1.165, 1.54) is 5.56 Å². The first-order chi connectivity index (χ1) is 8.59. The first kappa shape index (κ1) is 13.6. The van der Waals surface area contributed by atoms with E-state index < -0.39 is 8.32 Å². The molecule has 1 aliphatic heterocycles. The first-order valence-corrected chi connectivity index (χ1v) is 9.59. The molecule has 1 atom stereocenters. The lowest BCUT2D eigenvalue weighted by atomic mass is 10.2. The quantitative estimate of drug-likeness (QED) is 0.561. The Bertz CT molecular complexity index is 371. The van der Waals surface area contributed by atoms with E-state index in [9.17, 15) is 0 Å². The van der Waals surface area contributed by atoms with Gasteiger partial charge in [0, 0.05) is 7.11 Å². The highest BCUT2D eigenvalue weighted by molar-refractivity contribution is 6.71. The van der Waals surface area contributed by atoms with Crippen LogP contribution in [0.25, 0.3) is 0 Å². The molecule has 1 heterocycles. The van der Waals surface area contributed by atoms with Crippen molar-refractivity contribution in [2.24, 2.45) is 0 Å². The Morgan fingerprint density at radius 3 is 2.50 bits per heavy atom. The average Bonchev–Trinajstić information content (AvgIpc) is 3.19. The zero-order valence-electron chi connectivity index (χ0n) is 11.4. The van der Waals surface area contributed by atoms with Gasteiger partial charge in [-0.15, -0.1) is 0 Å². The van der Waals surface area contributed by atoms with Crippen molar-refractivity contribution in [3.63, 3.8) is 0 Å². The molecule has 18 heavy (non-hydrogen) atoms. The zero-order valence-corrected chi connectivity index (χ0v) is 12.4. The highest BCUT2D eigenvalue weighted by atomic mass is 28.4. The van der Waals surface area contributed by atoms with Crippen LogP contribution in [0.5, 0.6) is 5.75 Å². The van der Waals surface area contributed by atoms with E-state index in [0.717, 1.165) is 24.8 Å². The molecule has 0 aromatic heterocycles. The summed E-state index contributed by atoms with van der Waals surface area (Å²) in [7, 11) is 0.379. The molecular formula is C14H22O3Si. The summed E-state index contributed by atoms with van der Waals surface area (Å²) in [5, 5.41) is 0. The van der Waals surface area contributed by atoms with Crippen LogP contribution >= 0.6 is 0 Å². The summed E-state index contributed by atoms with van der Waals surface area (Å²) in [6, 6.07) is 9.52. The molecule has 1 aliphatic rings. The molecule has 0 amide bonds. The second kappa shape index (κ2) is 5.86. The number of hydrogen-bond acceptors (Lipinski definition) is 3. The number of benzene rings is 1. The van der Waals surface area contributed by atoms with Crippen molar-refractivity contribution in [3.05, 3.63) is 29.8 Å². The number of rotatable bonds is 7. The molecule has 0 aliphatic carbocycles. The van der Waals surface area contributed by atoms with Gasteiger partial charge in [-0.2, -0.15) is 0 Å².